The Morgan fingerprint density at radius 2 is 1.90 bits per heavy atom. The molecule has 2 unspecified atom stereocenters. The van der Waals surface area contributed by atoms with Crippen molar-refractivity contribution in [2.45, 2.75) is 56.1 Å². The van der Waals surface area contributed by atoms with E-state index in [9.17, 15) is 8.42 Å². The fraction of sp³-hybridized carbons (Fsp3) is 0.600. The Kier molecular flexibility index (Phi) is 3.84. The summed E-state index contributed by atoms with van der Waals surface area (Å²) in [6.07, 6.45) is 4.53. The molecular formula is C15H22N2O2S. The predicted molar refractivity (Wildman–Crippen MR) is 78.8 cm³/mol. The molecule has 0 saturated heterocycles. The van der Waals surface area contributed by atoms with Gasteiger partial charge >= 0.3 is 0 Å². The number of hydrogen-bond donors (Lipinski definition) is 2. The molecule has 2 fully saturated rings. The zero-order chi connectivity index (χ0) is 14.2. The number of nitrogens with one attached hydrogen (secondary N) is 2. The number of hydrogen-bond acceptors (Lipinski definition) is 3. The number of rotatable bonds is 7. The minimum Gasteiger partial charge on any atom is -0.310 e. The molecule has 1 aromatic rings. The molecule has 2 aliphatic carbocycles. The van der Waals surface area contributed by atoms with Crippen molar-refractivity contribution in [2.24, 2.45) is 5.92 Å². The Labute approximate surface area is 121 Å². The number of sulfonamides is 1. The number of benzene rings is 1. The van der Waals surface area contributed by atoms with E-state index in [0.717, 1.165) is 24.9 Å². The average Bonchev–Trinajstić information content (AvgIpc) is 3.32. The predicted octanol–water partition coefficient (Wildman–Crippen LogP) is 2.02. The highest BCUT2D eigenvalue weighted by molar-refractivity contribution is 7.89. The van der Waals surface area contributed by atoms with E-state index in [0.29, 0.717) is 16.9 Å². The molecule has 0 aromatic heterocycles. The van der Waals surface area contributed by atoms with Crippen molar-refractivity contribution in [3.05, 3.63) is 29.8 Å². The van der Waals surface area contributed by atoms with Gasteiger partial charge in [-0.25, -0.2) is 13.1 Å². The third-order valence-corrected chi connectivity index (χ3v) is 5.67. The SMILES string of the molecule is CCC1CC1NS(=O)(=O)c1ccc(CNC2CC2)cc1. The zero-order valence-corrected chi connectivity index (χ0v) is 12.6. The molecule has 2 atom stereocenters. The van der Waals surface area contributed by atoms with E-state index in [1.165, 1.54) is 12.8 Å². The highest BCUT2D eigenvalue weighted by atomic mass is 32.2. The largest absolute Gasteiger partial charge is 0.310 e. The standard InChI is InChI=1S/C15H22N2O2S/c1-2-12-9-15(12)17-20(18,19)14-7-3-11(4-8-14)10-16-13-5-6-13/h3-4,7-8,12-13,15-17H,2,5-6,9-10H2,1H3. The molecule has 0 spiro atoms. The van der Waals surface area contributed by atoms with Crippen molar-refractivity contribution in [3.63, 3.8) is 0 Å². The smallest absolute Gasteiger partial charge is 0.240 e. The molecule has 20 heavy (non-hydrogen) atoms. The summed E-state index contributed by atoms with van der Waals surface area (Å²) in [5.74, 6) is 0.520. The Hall–Kier alpha value is -0.910. The maximum absolute atomic E-state index is 12.2. The highest BCUT2D eigenvalue weighted by Crippen LogP contribution is 2.34. The van der Waals surface area contributed by atoms with Crippen LogP contribution in [0.2, 0.25) is 0 Å². The van der Waals surface area contributed by atoms with Gasteiger partial charge in [0.25, 0.3) is 0 Å². The van der Waals surface area contributed by atoms with Gasteiger partial charge in [0.2, 0.25) is 10.0 Å². The Bertz CT molecular complexity index is 564. The summed E-state index contributed by atoms with van der Waals surface area (Å²) in [7, 11) is -3.35. The molecule has 2 saturated carbocycles. The fourth-order valence-corrected chi connectivity index (χ4v) is 3.76. The maximum atomic E-state index is 12.2. The maximum Gasteiger partial charge on any atom is 0.240 e. The first kappa shape index (κ1) is 14.0. The molecule has 2 N–H and O–H groups in total. The van der Waals surface area contributed by atoms with Crippen LogP contribution >= 0.6 is 0 Å². The molecule has 3 rings (SSSR count). The monoisotopic (exact) mass is 294 g/mol. The first-order valence-electron chi connectivity index (χ1n) is 7.43. The minimum atomic E-state index is -3.35. The topological polar surface area (TPSA) is 58.2 Å². The molecule has 0 heterocycles. The van der Waals surface area contributed by atoms with Crippen molar-refractivity contribution in [2.75, 3.05) is 0 Å². The van der Waals surface area contributed by atoms with Crippen LogP contribution in [-0.2, 0) is 16.6 Å². The van der Waals surface area contributed by atoms with Gasteiger partial charge in [0, 0.05) is 18.6 Å². The van der Waals surface area contributed by atoms with Crippen LogP contribution in [0.5, 0.6) is 0 Å². The summed E-state index contributed by atoms with van der Waals surface area (Å²) < 4.78 is 27.2. The van der Waals surface area contributed by atoms with Crippen LogP contribution < -0.4 is 10.0 Å². The molecule has 110 valence electrons. The van der Waals surface area contributed by atoms with Gasteiger partial charge in [-0.3, -0.25) is 0 Å². The highest BCUT2D eigenvalue weighted by Gasteiger charge is 2.38. The molecule has 4 nitrogen and oxygen atoms in total. The third-order valence-electron chi connectivity index (χ3n) is 4.16. The summed E-state index contributed by atoms with van der Waals surface area (Å²) >= 11 is 0. The lowest BCUT2D eigenvalue weighted by Gasteiger charge is -2.08. The normalized spacial score (nSPS) is 25.6. The lowest BCUT2D eigenvalue weighted by molar-refractivity contribution is 0.576. The molecule has 1 aromatic carbocycles. The first-order valence-corrected chi connectivity index (χ1v) is 8.91. The fourth-order valence-electron chi connectivity index (χ4n) is 2.45. The van der Waals surface area contributed by atoms with Crippen molar-refractivity contribution in [1.29, 1.82) is 0 Å². The van der Waals surface area contributed by atoms with Gasteiger partial charge in [0.05, 0.1) is 4.90 Å². The van der Waals surface area contributed by atoms with E-state index < -0.39 is 10.0 Å². The van der Waals surface area contributed by atoms with E-state index in [-0.39, 0.29) is 6.04 Å². The average molecular weight is 294 g/mol. The Balaban J connectivity index is 1.60. The lowest BCUT2D eigenvalue weighted by atomic mass is 10.2. The van der Waals surface area contributed by atoms with Crippen LogP contribution in [0.3, 0.4) is 0 Å². The zero-order valence-electron chi connectivity index (χ0n) is 11.8. The third kappa shape index (κ3) is 3.40. The van der Waals surface area contributed by atoms with Crippen molar-refractivity contribution in [3.8, 4) is 0 Å². The molecule has 0 amide bonds. The summed E-state index contributed by atoms with van der Waals surface area (Å²) in [6, 6.07) is 8.01. The second kappa shape index (κ2) is 5.47. The van der Waals surface area contributed by atoms with Crippen molar-refractivity contribution in [1.82, 2.24) is 10.0 Å². The van der Waals surface area contributed by atoms with Gasteiger partial charge in [-0.05, 0) is 42.9 Å². The molecule has 5 heteroatoms. The van der Waals surface area contributed by atoms with Crippen molar-refractivity contribution < 1.29 is 8.42 Å². The Morgan fingerprint density at radius 3 is 2.45 bits per heavy atom. The Morgan fingerprint density at radius 1 is 1.20 bits per heavy atom. The molecule has 2 aliphatic rings. The molecular weight excluding hydrogens is 272 g/mol. The van der Waals surface area contributed by atoms with Crippen LogP contribution in [0.1, 0.15) is 38.2 Å². The quantitative estimate of drug-likeness (QED) is 0.809. The summed E-state index contributed by atoms with van der Waals surface area (Å²) in [6.45, 7) is 2.92. The van der Waals surface area contributed by atoms with Gasteiger partial charge in [-0.2, -0.15) is 0 Å². The molecule has 0 radical (unpaired) electrons. The van der Waals surface area contributed by atoms with Crippen LogP contribution in [0.15, 0.2) is 29.2 Å². The lowest BCUT2D eigenvalue weighted by Crippen LogP contribution is -2.27. The second-order valence-electron chi connectivity index (χ2n) is 5.93. The van der Waals surface area contributed by atoms with E-state index in [4.69, 9.17) is 0 Å². The summed E-state index contributed by atoms with van der Waals surface area (Å²) in [5, 5.41) is 3.42. The van der Waals surface area contributed by atoms with E-state index >= 15 is 0 Å². The van der Waals surface area contributed by atoms with Crippen LogP contribution in [-0.4, -0.2) is 20.5 Å². The van der Waals surface area contributed by atoms with Gasteiger partial charge in [0.15, 0.2) is 0 Å². The summed E-state index contributed by atoms with van der Waals surface area (Å²) in [4.78, 5) is 0.370. The first-order chi connectivity index (χ1) is 9.58. The van der Waals surface area contributed by atoms with Crippen LogP contribution in [0.4, 0.5) is 0 Å². The van der Waals surface area contributed by atoms with Gasteiger partial charge in [-0.1, -0.05) is 25.5 Å². The van der Waals surface area contributed by atoms with E-state index in [1.807, 2.05) is 12.1 Å². The second-order valence-corrected chi connectivity index (χ2v) is 7.64. The summed E-state index contributed by atoms with van der Waals surface area (Å²) in [5.41, 5.74) is 1.13. The van der Waals surface area contributed by atoms with Gasteiger partial charge in [-0.15, -0.1) is 0 Å². The van der Waals surface area contributed by atoms with Crippen LogP contribution in [0, 0.1) is 5.92 Å². The molecule has 0 aliphatic heterocycles. The van der Waals surface area contributed by atoms with E-state index in [2.05, 4.69) is 17.0 Å². The van der Waals surface area contributed by atoms with E-state index in [1.54, 1.807) is 12.1 Å². The molecule has 0 bridgehead atoms. The minimum absolute atomic E-state index is 0.140. The van der Waals surface area contributed by atoms with Crippen LogP contribution in [0.25, 0.3) is 0 Å². The van der Waals surface area contributed by atoms with Crippen molar-refractivity contribution >= 4 is 10.0 Å². The van der Waals surface area contributed by atoms with Gasteiger partial charge < -0.3 is 5.32 Å². The van der Waals surface area contributed by atoms with Gasteiger partial charge in [0.1, 0.15) is 0 Å².